The Bertz CT molecular complexity index is 371. The molecule has 0 spiro atoms. The Hall–Kier alpha value is -0.860. The summed E-state index contributed by atoms with van der Waals surface area (Å²) in [5.41, 5.74) is 9.19. The second-order valence-corrected chi connectivity index (χ2v) is 6.60. The first-order valence-electron chi connectivity index (χ1n) is 7.85. The topological polar surface area (TPSA) is 35.2 Å². The number of rotatable bonds is 7. The van der Waals surface area contributed by atoms with E-state index in [-0.39, 0.29) is 17.6 Å². The molecule has 0 aliphatic rings. The molecule has 1 aromatic carbocycles. The lowest BCUT2D eigenvalue weighted by atomic mass is 9.86. The summed E-state index contributed by atoms with van der Waals surface area (Å²) < 4.78 is 5.77. The van der Waals surface area contributed by atoms with Crippen LogP contribution in [0, 0.1) is 0 Å². The lowest BCUT2D eigenvalue weighted by Crippen LogP contribution is -2.38. The second-order valence-electron chi connectivity index (χ2n) is 6.60. The van der Waals surface area contributed by atoms with Gasteiger partial charge in [0.15, 0.2) is 0 Å². The van der Waals surface area contributed by atoms with Gasteiger partial charge in [-0.05, 0) is 36.3 Å². The van der Waals surface area contributed by atoms with Gasteiger partial charge in [-0.3, -0.25) is 0 Å². The van der Waals surface area contributed by atoms with Crippen molar-refractivity contribution in [2.45, 2.75) is 71.4 Å². The molecule has 0 aromatic heterocycles. The summed E-state index contributed by atoms with van der Waals surface area (Å²) in [6, 6.07) is 8.93. The van der Waals surface area contributed by atoms with Crippen LogP contribution in [-0.2, 0) is 16.6 Å². The predicted octanol–water partition coefficient (Wildman–Crippen LogP) is 4.06. The molecule has 20 heavy (non-hydrogen) atoms. The van der Waals surface area contributed by atoms with Crippen LogP contribution in [0.2, 0.25) is 0 Å². The lowest BCUT2D eigenvalue weighted by molar-refractivity contribution is 0.0378. The van der Waals surface area contributed by atoms with E-state index in [4.69, 9.17) is 10.5 Å². The van der Waals surface area contributed by atoms with E-state index in [2.05, 4.69) is 52.0 Å². The summed E-state index contributed by atoms with van der Waals surface area (Å²) in [7, 11) is 0. The summed E-state index contributed by atoms with van der Waals surface area (Å²) in [6.45, 7) is 11.7. The molecule has 2 nitrogen and oxygen atoms in total. The predicted molar refractivity (Wildman–Crippen MR) is 87.1 cm³/mol. The van der Waals surface area contributed by atoms with Crippen molar-refractivity contribution in [3.05, 3.63) is 35.4 Å². The van der Waals surface area contributed by atoms with Crippen molar-refractivity contribution in [3.8, 4) is 0 Å². The Morgan fingerprint density at radius 2 is 1.70 bits per heavy atom. The maximum Gasteiger partial charge on any atom is 0.0728 e. The van der Waals surface area contributed by atoms with Crippen molar-refractivity contribution < 1.29 is 4.74 Å². The smallest absolute Gasteiger partial charge is 0.0728 e. The van der Waals surface area contributed by atoms with Gasteiger partial charge in [0, 0.05) is 12.6 Å². The summed E-state index contributed by atoms with van der Waals surface area (Å²) in [6.07, 6.45) is 3.21. The average Bonchev–Trinajstić information content (AvgIpc) is 2.38. The fraction of sp³-hybridized carbons (Fsp3) is 0.667. The molecule has 0 amide bonds. The Labute approximate surface area is 124 Å². The molecule has 2 atom stereocenters. The van der Waals surface area contributed by atoms with Gasteiger partial charge in [-0.15, -0.1) is 0 Å². The lowest BCUT2D eigenvalue weighted by Gasteiger charge is -2.24. The third-order valence-corrected chi connectivity index (χ3v) is 3.72. The summed E-state index contributed by atoms with van der Waals surface area (Å²) in [4.78, 5) is 0. The fourth-order valence-electron chi connectivity index (χ4n) is 2.46. The van der Waals surface area contributed by atoms with Crippen molar-refractivity contribution in [2.24, 2.45) is 5.73 Å². The molecule has 0 heterocycles. The number of benzene rings is 1. The molecule has 0 bridgehead atoms. The zero-order valence-corrected chi connectivity index (χ0v) is 13.8. The molecule has 2 heteroatoms. The molecule has 0 fully saturated rings. The fourth-order valence-corrected chi connectivity index (χ4v) is 2.46. The molecule has 0 radical (unpaired) electrons. The van der Waals surface area contributed by atoms with E-state index >= 15 is 0 Å². The number of hydrogen-bond donors (Lipinski definition) is 1. The summed E-state index contributed by atoms with van der Waals surface area (Å²) in [5.74, 6) is 0. The Balaban J connectivity index is 2.67. The Morgan fingerprint density at radius 3 is 2.15 bits per heavy atom. The third kappa shape index (κ3) is 5.26. The zero-order chi connectivity index (χ0) is 15.2. The molecule has 114 valence electrons. The van der Waals surface area contributed by atoms with Crippen LogP contribution in [-0.4, -0.2) is 18.8 Å². The van der Waals surface area contributed by atoms with Crippen molar-refractivity contribution in [1.29, 1.82) is 0 Å². The van der Waals surface area contributed by atoms with Gasteiger partial charge >= 0.3 is 0 Å². The molecule has 0 saturated heterocycles. The van der Waals surface area contributed by atoms with Crippen molar-refractivity contribution in [2.75, 3.05) is 6.61 Å². The van der Waals surface area contributed by atoms with E-state index in [1.807, 2.05) is 6.92 Å². The molecular weight excluding hydrogens is 246 g/mol. The van der Waals surface area contributed by atoms with Crippen LogP contribution in [0.5, 0.6) is 0 Å². The molecule has 0 aliphatic carbocycles. The molecule has 1 aromatic rings. The van der Waals surface area contributed by atoms with Crippen molar-refractivity contribution in [1.82, 2.24) is 0 Å². The molecule has 2 unspecified atom stereocenters. The molecule has 0 aliphatic heterocycles. The minimum absolute atomic E-state index is 0.0791. The minimum Gasteiger partial charge on any atom is -0.377 e. The van der Waals surface area contributed by atoms with Crippen LogP contribution in [0.3, 0.4) is 0 Å². The van der Waals surface area contributed by atoms with E-state index in [9.17, 15) is 0 Å². The largest absolute Gasteiger partial charge is 0.377 e. The number of ether oxygens (including phenoxy) is 1. The quantitative estimate of drug-likeness (QED) is 0.815. The standard InChI is InChI=1S/C18H31NO/c1-6-8-17(20-7-2)16(19)13-14-9-11-15(12-10-14)18(3,4)5/h9-12,16-17H,6-8,13,19H2,1-5H3. The molecule has 0 saturated carbocycles. The molecule has 1 rings (SSSR count). The number of nitrogens with two attached hydrogens (primary N) is 1. The highest BCUT2D eigenvalue weighted by atomic mass is 16.5. The first-order chi connectivity index (χ1) is 9.38. The van der Waals surface area contributed by atoms with Gasteiger partial charge in [-0.2, -0.15) is 0 Å². The van der Waals surface area contributed by atoms with Crippen LogP contribution >= 0.6 is 0 Å². The first-order valence-corrected chi connectivity index (χ1v) is 7.85. The van der Waals surface area contributed by atoms with Crippen LogP contribution < -0.4 is 5.73 Å². The van der Waals surface area contributed by atoms with E-state index in [0.717, 1.165) is 25.9 Å². The minimum atomic E-state index is 0.0791. The van der Waals surface area contributed by atoms with E-state index in [1.165, 1.54) is 11.1 Å². The average molecular weight is 277 g/mol. The summed E-state index contributed by atoms with van der Waals surface area (Å²) >= 11 is 0. The highest BCUT2D eigenvalue weighted by Crippen LogP contribution is 2.22. The highest BCUT2D eigenvalue weighted by Gasteiger charge is 2.18. The van der Waals surface area contributed by atoms with E-state index < -0.39 is 0 Å². The molecule has 2 N–H and O–H groups in total. The summed E-state index contributed by atoms with van der Waals surface area (Å²) in [5, 5.41) is 0. The van der Waals surface area contributed by atoms with Crippen molar-refractivity contribution >= 4 is 0 Å². The van der Waals surface area contributed by atoms with Crippen LogP contribution in [0.1, 0.15) is 58.6 Å². The van der Waals surface area contributed by atoms with E-state index in [1.54, 1.807) is 0 Å². The van der Waals surface area contributed by atoms with Gasteiger partial charge in [0.05, 0.1) is 6.10 Å². The molecular formula is C18H31NO. The number of hydrogen-bond acceptors (Lipinski definition) is 2. The highest BCUT2D eigenvalue weighted by molar-refractivity contribution is 5.28. The monoisotopic (exact) mass is 277 g/mol. The van der Waals surface area contributed by atoms with Crippen molar-refractivity contribution in [3.63, 3.8) is 0 Å². The van der Waals surface area contributed by atoms with Crippen LogP contribution in [0.15, 0.2) is 24.3 Å². The van der Waals surface area contributed by atoms with Gasteiger partial charge < -0.3 is 10.5 Å². The first kappa shape index (κ1) is 17.2. The third-order valence-electron chi connectivity index (χ3n) is 3.72. The second kappa shape index (κ2) is 7.80. The van der Waals surface area contributed by atoms with Crippen LogP contribution in [0.25, 0.3) is 0 Å². The van der Waals surface area contributed by atoms with E-state index in [0.29, 0.717) is 0 Å². The van der Waals surface area contributed by atoms with Gasteiger partial charge in [-0.1, -0.05) is 58.4 Å². The van der Waals surface area contributed by atoms with Crippen LogP contribution in [0.4, 0.5) is 0 Å². The Kier molecular flexibility index (Phi) is 6.70. The SMILES string of the molecule is CCCC(OCC)C(N)Cc1ccc(C(C)(C)C)cc1. The van der Waals surface area contributed by atoms with Gasteiger partial charge in [0.2, 0.25) is 0 Å². The zero-order valence-electron chi connectivity index (χ0n) is 13.8. The van der Waals surface area contributed by atoms with Gasteiger partial charge in [0.25, 0.3) is 0 Å². The van der Waals surface area contributed by atoms with Gasteiger partial charge in [-0.25, -0.2) is 0 Å². The Morgan fingerprint density at radius 1 is 1.10 bits per heavy atom. The normalized spacial score (nSPS) is 15.1. The van der Waals surface area contributed by atoms with Gasteiger partial charge in [0.1, 0.15) is 0 Å². The maximum atomic E-state index is 6.32. The maximum absolute atomic E-state index is 6.32.